The molecule has 0 aliphatic carbocycles. The number of aromatic nitrogens is 2. The van der Waals surface area contributed by atoms with Crippen molar-refractivity contribution in [2.45, 2.75) is 17.9 Å². The highest BCUT2D eigenvalue weighted by Crippen LogP contribution is 2.26. The van der Waals surface area contributed by atoms with Crippen molar-refractivity contribution < 1.29 is 28.2 Å². The summed E-state index contributed by atoms with van der Waals surface area (Å²) in [6, 6.07) is 7.81. The average Bonchev–Trinajstić information content (AvgIpc) is 3.02. The lowest BCUT2D eigenvalue weighted by atomic mass is 10.1. The van der Waals surface area contributed by atoms with E-state index in [1.807, 2.05) is 0 Å². The number of sulfone groups is 1. The Balaban J connectivity index is 1.85. The summed E-state index contributed by atoms with van der Waals surface area (Å²) < 4.78 is 25.6. The van der Waals surface area contributed by atoms with Crippen molar-refractivity contribution in [1.82, 2.24) is 14.9 Å². The number of carboxylic acid groups (broad SMARTS) is 1. The summed E-state index contributed by atoms with van der Waals surface area (Å²) in [5.74, 6) is -2.95. The Bertz CT molecular complexity index is 1270. The first-order valence-corrected chi connectivity index (χ1v) is 11.2. The van der Waals surface area contributed by atoms with E-state index < -0.39 is 40.1 Å². The SMILES string of the molecule is Cc1cc(Cl)c2cc(C(=O)N[C@H](CO)c3ccc(S(=O)(=O)CC(=O)O)cc3)n(C)c2n1. The fourth-order valence-electron chi connectivity index (χ4n) is 3.20. The second-order valence-corrected chi connectivity index (χ2v) is 9.40. The predicted molar refractivity (Wildman–Crippen MR) is 114 cm³/mol. The first-order valence-electron chi connectivity index (χ1n) is 9.12. The fraction of sp³-hybridized carbons (Fsp3) is 0.250. The van der Waals surface area contributed by atoms with Crippen LogP contribution >= 0.6 is 11.6 Å². The number of carbonyl (C=O) groups is 2. The van der Waals surface area contributed by atoms with Crippen LogP contribution in [-0.4, -0.2) is 52.4 Å². The van der Waals surface area contributed by atoms with Crippen LogP contribution in [0.4, 0.5) is 0 Å². The zero-order valence-electron chi connectivity index (χ0n) is 16.7. The number of aliphatic hydroxyl groups is 1. The number of nitrogens with one attached hydrogen (secondary N) is 1. The van der Waals surface area contributed by atoms with Crippen LogP contribution in [0.2, 0.25) is 5.02 Å². The third-order valence-electron chi connectivity index (χ3n) is 4.75. The van der Waals surface area contributed by atoms with E-state index in [2.05, 4.69) is 10.3 Å². The number of carbonyl (C=O) groups excluding carboxylic acids is 1. The molecule has 0 unspecified atom stereocenters. The van der Waals surface area contributed by atoms with Crippen LogP contribution in [0.3, 0.4) is 0 Å². The van der Waals surface area contributed by atoms with Crippen LogP contribution in [0.25, 0.3) is 11.0 Å². The summed E-state index contributed by atoms with van der Waals surface area (Å²) in [6.45, 7) is 1.36. The molecule has 0 fully saturated rings. The molecule has 0 bridgehead atoms. The molecule has 164 valence electrons. The van der Waals surface area contributed by atoms with Crippen LogP contribution in [0.5, 0.6) is 0 Å². The molecule has 11 heteroatoms. The molecule has 9 nitrogen and oxygen atoms in total. The highest BCUT2D eigenvalue weighted by Gasteiger charge is 2.22. The number of aryl methyl sites for hydroxylation is 2. The lowest BCUT2D eigenvalue weighted by Gasteiger charge is -2.17. The van der Waals surface area contributed by atoms with E-state index in [-0.39, 0.29) is 10.6 Å². The number of rotatable bonds is 7. The van der Waals surface area contributed by atoms with Crippen LogP contribution in [-0.2, 0) is 21.7 Å². The van der Waals surface area contributed by atoms with Gasteiger partial charge in [-0.25, -0.2) is 13.4 Å². The molecule has 3 aromatic rings. The second kappa shape index (κ2) is 8.66. The number of aliphatic carboxylic acids is 1. The Hall–Kier alpha value is -2.95. The number of amides is 1. The third kappa shape index (κ3) is 4.71. The molecule has 3 rings (SSSR count). The molecule has 1 amide bonds. The van der Waals surface area contributed by atoms with E-state index in [0.29, 0.717) is 27.3 Å². The zero-order valence-corrected chi connectivity index (χ0v) is 18.2. The zero-order chi connectivity index (χ0) is 22.9. The minimum absolute atomic E-state index is 0.161. The standard InChI is InChI=1S/C20H20ClN3O6S/c1-11-7-15(21)14-8-17(24(2)19(14)22-11)20(28)23-16(9-25)12-3-5-13(6-4-12)31(29,30)10-18(26)27/h3-8,16,25H,9-10H2,1-2H3,(H,23,28)(H,26,27)/t16-/m1/s1. The molecule has 0 spiro atoms. The number of halogens is 1. The normalized spacial score (nSPS) is 12.6. The van der Waals surface area contributed by atoms with Crippen LogP contribution < -0.4 is 5.32 Å². The Morgan fingerprint density at radius 1 is 1.23 bits per heavy atom. The number of pyridine rings is 1. The summed E-state index contributed by atoms with van der Waals surface area (Å²) >= 11 is 6.25. The Labute approximate surface area is 183 Å². The Morgan fingerprint density at radius 3 is 2.45 bits per heavy atom. The fourth-order valence-corrected chi connectivity index (χ4v) is 4.54. The van der Waals surface area contributed by atoms with Gasteiger partial charge in [0.25, 0.3) is 5.91 Å². The van der Waals surface area contributed by atoms with E-state index in [0.717, 1.165) is 0 Å². The van der Waals surface area contributed by atoms with Crippen LogP contribution in [0.15, 0.2) is 41.3 Å². The molecular weight excluding hydrogens is 446 g/mol. The van der Waals surface area contributed by atoms with Gasteiger partial charge in [0.05, 0.1) is 22.6 Å². The molecular formula is C20H20ClN3O6S. The van der Waals surface area contributed by atoms with Gasteiger partial charge in [0, 0.05) is 18.1 Å². The van der Waals surface area contributed by atoms with Gasteiger partial charge in [-0.3, -0.25) is 9.59 Å². The van der Waals surface area contributed by atoms with Crippen LogP contribution in [0.1, 0.15) is 27.8 Å². The first kappa shape index (κ1) is 22.7. The van der Waals surface area contributed by atoms with Gasteiger partial charge in [-0.05, 0) is 36.8 Å². The van der Waals surface area contributed by atoms with E-state index >= 15 is 0 Å². The van der Waals surface area contributed by atoms with Crippen molar-refractivity contribution >= 4 is 44.3 Å². The van der Waals surface area contributed by atoms with Crippen molar-refractivity contribution in [2.75, 3.05) is 12.4 Å². The number of hydrogen-bond donors (Lipinski definition) is 3. The highest BCUT2D eigenvalue weighted by molar-refractivity contribution is 7.92. The molecule has 3 N–H and O–H groups in total. The Kier molecular flexibility index (Phi) is 6.35. The number of hydrogen-bond acceptors (Lipinski definition) is 6. The second-order valence-electron chi connectivity index (χ2n) is 7.00. The summed E-state index contributed by atoms with van der Waals surface area (Å²) in [5, 5.41) is 22.3. The van der Waals surface area contributed by atoms with E-state index in [1.165, 1.54) is 24.3 Å². The number of aliphatic hydroxyl groups excluding tert-OH is 1. The molecule has 0 aliphatic rings. The molecule has 0 radical (unpaired) electrons. The van der Waals surface area contributed by atoms with E-state index in [4.69, 9.17) is 16.7 Å². The third-order valence-corrected chi connectivity index (χ3v) is 6.68. The predicted octanol–water partition coefficient (Wildman–Crippen LogP) is 1.86. The van der Waals surface area contributed by atoms with Crippen molar-refractivity contribution in [3.05, 3.63) is 58.4 Å². The summed E-state index contributed by atoms with van der Waals surface area (Å²) in [4.78, 5) is 27.8. The minimum Gasteiger partial charge on any atom is -0.480 e. The van der Waals surface area contributed by atoms with Gasteiger partial charge >= 0.3 is 5.97 Å². The average molecular weight is 466 g/mol. The maximum atomic E-state index is 12.8. The monoisotopic (exact) mass is 465 g/mol. The first-order chi connectivity index (χ1) is 14.5. The number of nitrogens with zero attached hydrogens (tertiary/aromatic N) is 2. The highest BCUT2D eigenvalue weighted by atomic mass is 35.5. The number of fused-ring (bicyclic) bond motifs is 1. The molecule has 0 saturated carbocycles. The van der Waals surface area contributed by atoms with E-state index in [1.54, 1.807) is 30.7 Å². The molecule has 0 saturated heterocycles. The maximum absolute atomic E-state index is 12.8. The van der Waals surface area contributed by atoms with Gasteiger partial charge < -0.3 is 20.1 Å². The Morgan fingerprint density at radius 2 is 1.87 bits per heavy atom. The van der Waals surface area contributed by atoms with Gasteiger partial charge in [-0.1, -0.05) is 23.7 Å². The molecule has 2 aromatic heterocycles. The lowest BCUT2D eigenvalue weighted by molar-refractivity contribution is -0.134. The lowest BCUT2D eigenvalue weighted by Crippen LogP contribution is -2.32. The molecule has 0 aliphatic heterocycles. The summed E-state index contributed by atoms with van der Waals surface area (Å²) in [6.07, 6.45) is 0. The molecule has 2 heterocycles. The molecule has 1 aromatic carbocycles. The maximum Gasteiger partial charge on any atom is 0.319 e. The van der Waals surface area contributed by atoms with Crippen molar-refractivity contribution in [3.8, 4) is 0 Å². The molecule has 31 heavy (non-hydrogen) atoms. The summed E-state index contributed by atoms with van der Waals surface area (Å²) in [5.41, 5.74) is 1.99. The van der Waals surface area contributed by atoms with Crippen molar-refractivity contribution in [2.24, 2.45) is 7.05 Å². The topological polar surface area (TPSA) is 139 Å². The van der Waals surface area contributed by atoms with Crippen molar-refractivity contribution in [3.63, 3.8) is 0 Å². The number of benzene rings is 1. The van der Waals surface area contributed by atoms with Gasteiger partial charge in [0.15, 0.2) is 15.6 Å². The van der Waals surface area contributed by atoms with E-state index in [9.17, 15) is 23.1 Å². The van der Waals surface area contributed by atoms with Gasteiger partial charge in [-0.15, -0.1) is 0 Å². The minimum atomic E-state index is -3.98. The smallest absolute Gasteiger partial charge is 0.319 e. The summed E-state index contributed by atoms with van der Waals surface area (Å²) in [7, 11) is -2.30. The molecule has 1 atom stereocenters. The van der Waals surface area contributed by atoms with Gasteiger partial charge in [0.2, 0.25) is 0 Å². The largest absolute Gasteiger partial charge is 0.480 e. The van der Waals surface area contributed by atoms with Gasteiger partial charge in [-0.2, -0.15) is 0 Å². The van der Waals surface area contributed by atoms with Crippen molar-refractivity contribution in [1.29, 1.82) is 0 Å². The van der Waals surface area contributed by atoms with Gasteiger partial charge in [0.1, 0.15) is 11.3 Å². The van der Waals surface area contributed by atoms with Crippen LogP contribution in [0, 0.1) is 6.92 Å². The number of carboxylic acids is 1. The quantitative estimate of drug-likeness (QED) is 0.484.